The third-order valence-electron chi connectivity index (χ3n) is 4.09. The van der Waals surface area contributed by atoms with Gasteiger partial charge in [0.1, 0.15) is 5.83 Å². The molecule has 0 spiro atoms. The van der Waals surface area contributed by atoms with Gasteiger partial charge in [-0.25, -0.2) is 17.9 Å². The minimum Gasteiger partial charge on any atom is -0.390 e. The smallest absolute Gasteiger partial charge is 0.238 e. The number of benzene rings is 1. The van der Waals surface area contributed by atoms with E-state index in [1.165, 1.54) is 12.1 Å². The number of rotatable bonds is 2. The maximum absolute atomic E-state index is 14.2. The van der Waals surface area contributed by atoms with E-state index in [1.54, 1.807) is 24.4 Å². The molecule has 1 heterocycles. The molecule has 0 fully saturated rings. The molecular weight excluding hydrogens is 339 g/mol. The molecule has 1 aromatic carbocycles. The molecule has 1 aliphatic carbocycles. The minimum absolute atomic E-state index is 0.0478. The van der Waals surface area contributed by atoms with E-state index < -0.39 is 10.0 Å². The van der Waals surface area contributed by atoms with Crippen molar-refractivity contribution >= 4 is 21.6 Å². The minimum atomic E-state index is -3.74. The molecule has 1 atom stereocenters. The highest BCUT2D eigenvalue weighted by atomic mass is 35.5. The van der Waals surface area contributed by atoms with Crippen LogP contribution in [0.4, 0.5) is 4.39 Å². The molecule has 0 radical (unpaired) electrons. The number of nitrogens with one attached hydrogen (secondary N) is 1. The zero-order chi connectivity index (χ0) is 16.6. The summed E-state index contributed by atoms with van der Waals surface area (Å²) in [7, 11) is -3.74. The first kappa shape index (κ1) is 16.2. The number of halogens is 2. The van der Waals surface area contributed by atoms with Gasteiger partial charge in [-0.3, -0.25) is 0 Å². The number of hydrogen-bond acceptors (Lipinski definition) is 3. The number of allylic oxidation sites excluding steroid dienone is 4. The average Bonchev–Trinajstić information content (AvgIpc) is 2.74. The van der Waals surface area contributed by atoms with Gasteiger partial charge in [-0.05, 0) is 42.0 Å². The summed E-state index contributed by atoms with van der Waals surface area (Å²) in [6, 6.07) is 6.30. The monoisotopic (exact) mass is 354 g/mol. The summed E-state index contributed by atoms with van der Waals surface area (Å²) in [6.07, 6.45) is 4.19. The van der Waals surface area contributed by atoms with E-state index in [-0.39, 0.29) is 16.6 Å². The van der Waals surface area contributed by atoms with Crippen molar-refractivity contribution < 1.29 is 12.8 Å². The molecule has 3 rings (SSSR count). The van der Waals surface area contributed by atoms with Crippen molar-refractivity contribution in [1.82, 2.24) is 5.32 Å². The molecule has 122 valence electrons. The van der Waals surface area contributed by atoms with Gasteiger partial charge in [0.25, 0.3) is 0 Å². The highest BCUT2D eigenvalue weighted by Gasteiger charge is 2.28. The van der Waals surface area contributed by atoms with Crippen molar-refractivity contribution in [3.05, 3.63) is 64.1 Å². The number of fused-ring (bicyclic) bond motifs is 1. The Morgan fingerprint density at radius 2 is 1.91 bits per heavy atom. The number of nitrogens with two attached hydrogens (primary N) is 1. The topological polar surface area (TPSA) is 72.2 Å². The Morgan fingerprint density at radius 3 is 2.57 bits per heavy atom. The molecule has 7 heteroatoms. The molecular formula is C16H16ClFN2O2S. The van der Waals surface area contributed by atoms with Crippen LogP contribution >= 0.6 is 11.6 Å². The predicted molar refractivity (Wildman–Crippen MR) is 87.9 cm³/mol. The third kappa shape index (κ3) is 3.20. The van der Waals surface area contributed by atoms with Gasteiger partial charge in [0.05, 0.1) is 4.90 Å². The second-order valence-electron chi connectivity index (χ2n) is 5.55. The van der Waals surface area contributed by atoms with Crippen molar-refractivity contribution in [2.75, 3.05) is 6.54 Å². The lowest BCUT2D eigenvalue weighted by atomic mass is 9.83. The molecule has 23 heavy (non-hydrogen) atoms. The predicted octanol–water partition coefficient (Wildman–Crippen LogP) is 3.04. The van der Waals surface area contributed by atoms with E-state index in [2.05, 4.69) is 5.32 Å². The van der Waals surface area contributed by atoms with Crippen molar-refractivity contribution in [1.29, 1.82) is 0 Å². The summed E-state index contributed by atoms with van der Waals surface area (Å²) >= 11 is 6.38. The van der Waals surface area contributed by atoms with Crippen LogP contribution in [-0.4, -0.2) is 15.0 Å². The lowest BCUT2D eigenvalue weighted by Gasteiger charge is -2.25. The molecule has 0 bridgehead atoms. The van der Waals surface area contributed by atoms with Gasteiger partial charge >= 0.3 is 0 Å². The summed E-state index contributed by atoms with van der Waals surface area (Å²) < 4.78 is 36.9. The van der Waals surface area contributed by atoms with Crippen LogP contribution in [0.5, 0.6) is 0 Å². The van der Waals surface area contributed by atoms with Gasteiger partial charge in [0.15, 0.2) is 0 Å². The van der Waals surface area contributed by atoms with Crippen LogP contribution in [0.3, 0.4) is 0 Å². The second-order valence-corrected chi connectivity index (χ2v) is 7.56. The van der Waals surface area contributed by atoms with Crippen molar-refractivity contribution in [3.8, 4) is 0 Å². The quantitative estimate of drug-likeness (QED) is 0.857. The van der Waals surface area contributed by atoms with E-state index in [9.17, 15) is 12.8 Å². The van der Waals surface area contributed by atoms with E-state index >= 15 is 0 Å². The van der Waals surface area contributed by atoms with Crippen molar-refractivity contribution in [2.24, 2.45) is 5.14 Å². The third-order valence-corrected chi connectivity index (χ3v) is 5.41. The fourth-order valence-electron chi connectivity index (χ4n) is 2.94. The summed E-state index contributed by atoms with van der Waals surface area (Å²) in [6.45, 7) is 0.549. The molecule has 0 aromatic heterocycles. The van der Waals surface area contributed by atoms with Gasteiger partial charge in [-0.1, -0.05) is 23.7 Å². The highest BCUT2D eigenvalue weighted by Crippen LogP contribution is 2.42. The van der Waals surface area contributed by atoms with Gasteiger partial charge in [-0.2, -0.15) is 0 Å². The molecule has 3 N–H and O–H groups in total. The Balaban J connectivity index is 2.05. The van der Waals surface area contributed by atoms with Gasteiger partial charge in [-0.15, -0.1) is 0 Å². The lowest BCUT2D eigenvalue weighted by Crippen LogP contribution is -2.19. The van der Waals surface area contributed by atoms with Crippen LogP contribution < -0.4 is 10.5 Å². The normalized spacial score (nSPS) is 21.8. The summed E-state index contributed by atoms with van der Waals surface area (Å²) in [5, 5.41) is 8.89. The molecule has 0 saturated carbocycles. The van der Waals surface area contributed by atoms with Crippen LogP contribution in [0.2, 0.25) is 0 Å². The molecule has 0 saturated heterocycles. The Hall–Kier alpha value is -1.63. The van der Waals surface area contributed by atoms with Gasteiger partial charge < -0.3 is 5.32 Å². The summed E-state index contributed by atoms with van der Waals surface area (Å²) in [5.41, 5.74) is 2.14. The Kier molecular flexibility index (Phi) is 4.31. The first-order chi connectivity index (χ1) is 10.9. The fourth-order valence-corrected chi connectivity index (χ4v) is 3.79. The second kappa shape index (κ2) is 6.11. The number of primary sulfonamides is 1. The molecule has 4 nitrogen and oxygen atoms in total. The lowest BCUT2D eigenvalue weighted by molar-refractivity contribution is 0.570. The van der Waals surface area contributed by atoms with Crippen LogP contribution in [-0.2, 0) is 10.0 Å². The summed E-state index contributed by atoms with van der Waals surface area (Å²) in [4.78, 5) is 0.0478. The standard InChI is InChI=1S/C16H16ClFN2O2S/c17-14-5-6-15(18)12-7-8-20-9-13(16(12)14)10-1-3-11(4-2-10)23(19,21)22/h1-4,7-8,13,20H,5-6,9H2,(H2,19,21,22). The van der Waals surface area contributed by atoms with Gasteiger partial charge in [0.2, 0.25) is 10.0 Å². The zero-order valence-electron chi connectivity index (χ0n) is 12.2. The van der Waals surface area contributed by atoms with Crippen molar-refractivity contribution in [3.63, 3.8) is 0 Å². The van der Waals surface area contributed by atoms with Gasteiger partial charge in [0, 0.05) is 29.5 Å². The van der Waals surface area contributed by atoms with Crippen LogP contribution in [0.15, 0.2) is 63.4 Å². The maximum Gasteiger partial charge on any atom is 0.238 e. The number of sulfonamides is 1. The van der Waals surface area contributed by atoms with E-state index in [0.29, 0.717) is 30.0 Å². The first-order valence-electron chi connectivity index (χ1n) is 7.18. The van der Waals surface area contributed by atoms with Crippen LogP contribution in [0, 0.1) is 0 Å². The van der Waals surface area contributed by atoms with Crippen LogP contribution in [0.25, 0.3) is 0 Å². The van der Waals surface area contributed by atoms with Crippen LogP contribution in [0.1, 0.15) is 24.3 Å². The molecule has 1 unspecified atom stereocenters. The maximum atomic E-state index is 14.2. The molecule has 2 aliphatic rings. The largest absolute Gasteiger partial charge is 0.390 e. The van der Waals surface area contributed by atoms with E-state index in [4.69, 9.17) is 16.7 Å². The number of hydrogen-bond donors (Lipinski definition) is 2. The molecule has 1 aliphatic heterocycles. The zero-order valence-corrected chi connectivity index (χ0v) is 13.8. The average molecular weight is 355 g/mol. The van der Waals surface area contributed by atoms with E-state index in [0.717, 1.165) is 11.1 Å². The first-order valence-corrected chi connectivity index (χ1v) is 9.10. The fraction of sp³-hybridized carbons (Fsp3) is 0.250. The molecule has 1 aromatic rings. The van der Waals surface area contributed by atoms with E-state index in [1.807, 2.05) is 0 Å². The highest BCUT2D eigenvalue weighted by molar-refractivity contribution is 7.89. The Morgan fingerprint density at radius 1 is 1.22 bits per heavy atom. The summed E-state index contributed by atoms with van der Waals surface area (Å²) in [5.74, 6) is -0.330. The molecule has 0 amide bonds. The Bertz CT molecular complexity index is 826. The SMILES string of the molecule is NS(=O)(=O)c1ccc(C2CNC=CC3=C(F)CCC(Cl)=C32)cc1. The van der Waals surface area contributed by atoms with Crippen molar-refractivity contribution in [2.45, 2.75) is 23.7 Å². The Labute approximate surface area is 139 Å².